The van der Waals surface area contributed by atoms with E-state index in [4.69, 9.17) is 9.47 Å². The Kier molecular flexibility index (Phi) is 11.3. The van der Waals surface area contributed by atoms with Crippen LogP contribution in [0.2, 0.25) is 0 Å². The highest BCUT2D eigenvalue weighted by molar-refractivity contribution is 5.97. The molecule has 0 atom stereocenters. The second-order valence-corrected chi connectivity index (χ2v) is 9.04. The van der Waals surface area contributed by atoms with Crippen LogP contribution in [0.25, 0.3) is 10.9 Å². The minimum atomic E-state index is -0.390. The number of benzene rings is 1. The third-order valence-corrected chi connectivity index (χ3v) is 6.18. The normalized spacial score (nSPS) is 11.1. The number of rotatable bonds is 17. The first-order chi connectivity index (χ1) is 17.6. The first kappa shape index (κ1) is 27.3. The molecule has 3 rings (SSSR count). The quantitative estimate of drug-likeness (QED) is 0.242. The van der Waals surface area contributed by atoms with Crippen molar-refractivity contribution in [3.63, 3.8) is 0 Å². The molecule has 2 aromatic heterocycles. The highest BCUT2D eigenvalue weighted by Crippen LogP contribution is 2.31. The number of hydrogen-bond acceptors (Lipinski definition) is 5. The van der Waals surface area contributed by atoms with Crippen LogP contribution >= 0.6 is 0 Å². The number of pyridine rings is 1. The molecule has 0 saturated carbocycles. The number of nitrogens with one attached hydrogen (secondary N) is 2. The van der Waals surface area contributed by atoms with Gasteiger partial charge < -0.3 is 24.3 Å². The zero-order valence-electron chi connectivity index (χ0n) is 21.7. The number of hydrogen-bond donors (Lipinski definition) is 2. The van der Waals surface area contributed by atoms with Crippen molar-refractivity contribution in [2.45, 2.75) is 78.2 Å². The number of aromatic amines is 1. The maximum Gasteiger partial charge on any atom is 0.256 e. The Morgan fingerprint density at radius 1 is 1.00 bits per heavy atom. The average Bonchev–Trinajstić information content (AvgIpc) is 3.40. The molecule has 0 aliphatic heterocycles. The number of aromatic nitrogens is 3. The summed E-state index contributed by atoms with van der Waals surface area (Å²) in [5.41, 5.74) is 0.374. The zero-order valence-corrected chi connectivity index (χ0v) is 21.7. The molecule has 1 aromatic carbocycles. The summed E-state index contributed by atoms with van der Waals surface area (Å²) in [5, 5.41) is 3.25. The fourth-order valence-electron chi connectivity index (χ4n) is 4.17. The van der Waals surface area contributed by atoms with E-state index in [1.54, 1.807) is 24.7 Å². The fourth-order valence-corrected chi connectivity index (χ4v) is 4.17. The molecule has 0 fully saturated rings. The van der Waals surface area contributed by atoms with Gasteiger partial charge in [0, 0.05) is 37.7 Å². The minimum absolute atomic E-state index is 0.0864. The number of nitrogens with zero attached hydrogens (tertiary/aromatic N) is 2. The Bertz CT molecular complexity index is 1120. The summed E-state index contributed by atoms with van der Waals surface area (Å²) in [6.07, 6.45) is 17.3. The van der Waals surface area contributed by atoms with E-state index in [-0.39, 0.29) is 16.9 Å². The van der Waals surface area contributed by atoms with Crippen molar-refractivity contribution in [3.8, 4) is 11.5 Å². The number of unbranched alkanes of at least 4 members (excludes halogenated alkanes) is 7. The predicted molar refractivity (Wildman–Crippen MR) is 143 cm³/mol. The van der Waals surface area contributed by atoms with E-state index in [0.717, 1.165) is 25.8 Å². The van der Waals surface area contributed by atoms with Crippen LogP contribution in [0.3, 0.4) is 0 Å². The molecule has 2 heterocycles. The maximum absolute atomic E-state index is 13.1. The third kappa shape index (κ3) is 8.14. The smallest absolute Gasteiger partial charge is 0.256 e. The van der Waals surface area contributed by atoms with Crippen molar-refractivity contribution in [2.24, 2.45) is 0 Å². The summed E-state index contributed by atoms with van der Waals surface area (Å²) in [7, 11) is 0. The van der Waals surface area contributed by atoms with Crippen LogP contribution in [0.5, 0.6) is 11.5 Å². The second-order valence-electron chi connectivity index (χ2n) is 9.04. The Balaban J connectivity index is 1.59. The Hall–Kier alpha value is -3.29. The lowest BCUT2D eigenvalue weighted by Gasteiger charge is -2.14. The summed E-state index contributed by atoms with van der Waals surface area (Å²) in [4.78, 5) is 32.9. The Labute approximate surface area is 213 Å². The summed E-state index contributed by atoms with van der Waals surface area (Å²) in [6, 6.07) is 3.47. The van der Waals surface area contributed by atoms with E-state index in [2.05, 4.69) is 22.2 Å². The number of fused-ring (bicyclic) bond motifs is 1. The van der Waals surface area contributed by atoms with Crippen molar-refractivity contribution >= 4 is 16.8 Å². The van der Waals surface area contributed by atoms with E-state index in [9.17, 15) is 9.59 Å². The zero-order chi connectivity index (χ0) is 25.6. The van der Waals surface area contributed by atoms with Crippen molar-refractivity contribution < 1.29 is 14.3 Å². The van der Waals surface area contributed by atoms with Crippen LogP contribution in [0.1, 0.15) is 82.0 Å². The van der Waals surface area contributed by atoms with Gasteiger partial charge in [0.2, 0.25) is 5.43 Å². The van der Waals surface area contributed by atoms with Crippen LogP contribution in [-0.4, -0.2) is 40.2 Å². The predicted octanol–water partition coefficient (Wildman–Crippen LogP) is 5.46. The number of carbonyl (C=O) groups is 1. The van der Waals surface area contributed by atoms with Gasteiger partial charge in [-0.15, -0.1) is 0 Å². The summed E-state index contributed by atoms with van der Waals surface area (Å²) in [5.74, 6) is 0.742. The van der Waals surface area contributed by atoms with E-state index < -0.39 is 0 Å². The number of amides is 1. The number of H-pyrrole nitrogens is 1. The minimum Gasteiger partial charge on any atom is -0.490 e. The molecular weight excluding hydrogens is 456 g/mol. The molecule has 0 bridgehead atoms. The second kappa shape index (κ2) is 15.0. The lowest BCUT2D eigenvalue weighted by molar-refractivity contribution is 0.0951. The van der Waals surface area contributed by atoms with Crippen molar-refractivity contribution in [1.82, 2.24) is 19.9 Å². The monoisotopic (exact) mass is 496 g/mol. The van der Waals surface area contributed by atoms with Crippen molar-refractivity contribution in [1.29, 1.82) is 0 Å². The molecule has 8 nitrogen and oxygen atoms in total. The molecular formula is C28H40N4O4. The third-order valence-electron chi connectivity index (χ3n) is 6.18. The molecule has 2 N–H and O–H groups in total. The molecule has 0 aliphatic rings. The molecule has 3 aromatic rings. The van der Waals surface area contributed by atoms with Gasteiger partial charge in [0.15, 0.2) is 11.5 Å². The van der Waals surface area contributed by atoms with Crippen LogP contribution in [0, 0.1) is 0 Å². The molecule has 1 amide bonds. The first-order valence-corrected chi connectivity index (χ1v) is 13.3. The maximum atomic E-state index is 13.1. The first-order valence-electron chi connectivity index (χ1n) is 13.3. The lowest BCUT2D eigenvalue weighted by atomic mass is 10.1. The SMILES string of the molecule is CCCCCCCCCCOc1cc2c(=O)c(C(=O)NCCCn3ccnc3)c[nH]c2cc1OCC. The average molecular weight is 497 g/mol. The van der Waals surface area contributed by atoms with Crippen LogP contribution in [-0.2, 0) is 6.54 Å². The topological polar surface area (TPSA) is 98.2 Å². The van der Waals surface area contributed by atoms with Gasteiger partial charge in [-0.05, 0) is 25.8 Å². The van der Waals surface area contributed by atoms with Crippen LogP contribution in [0.4, 0.5) is 0 Å². The fraction of sp³-hybridized carbons (Fsp3) is 0.536. The van der Waals surface area contributed by atoms with E-state index in [0.29, 0.717) is 42.2 Å². The van der Waals surface area contributed by atoms with Gasteiger partial charge in [-0.2, -0.15) is 0 Å². The van der Waals surface area contributed by atoms with Crippen LogP contribution < -0.4 is 20.2 Å². The summed E-state index contributed by atoms with van der Waals surface area (Å²) >= 11 is 0. The molecule has 8 heteroatoms. The molecule has 0 spiro atoms. The Morgan fingerprint density at radius 3 is 2.47 bits per heavy atom. The van der Waals surface area contributed by atoms with Crippen molar-refractivity contribution in [3.05, 3.63) is 52.8 Å². The van der Waals surface area contributed by atoms with Gasteiger partial charge in [-0.1, -0.05) is 51.9 Å². The van der Waals surface area contributed by atoms with Gasteiger partial charge in [0.25, 0.3) is 5.91 Å². The number of imidazole rings is 1. The lowest BCUT2D eigenvalue weighted by Crippen LogP contribution is -2.30. The highest BCUT2D eigenvalue weighted by Gasteiger charge is 2.16. The number of aryl methyl sites for hydroxylation is 1. The van der Waals surface area contributed by atoms with Gasteiger partial charge in [-0.25, -0.2) is 4.98 Å². The van der Waals surface area contributed by atoms with Gasteiger partial charge in [0.1, 0.15) is 5.56 Å². The molecule has 0 unspecified atom stereocenters. The summed E-state index contributed by atoms with van der Waals surface area (Å²) < 4.78 is 13.7. The highest BCUT2D eigenvalue weighted by atomic mass is 16.5. The molecule has 196 valence electrons. The number of carbonyl (C=O) groups excluding carboxylic acids is 1. The van der Waals surface area contributed by atoms with Crippen LogP contribution in [0.15, 0.2) is 41.8 Å². The van der Waals surface area contributed by atoms with Gasteiger partial charge in [-0.3, -0.25) is 9.59 Å². The van der Waals surface area contributed by atoms with Gasteiger partial charge >= 0.3 is 0 Å². The molecule has 36 heavy (non-hydrogen) atoms. The van der Waals surface area contributed by atoms with E-state index in [1.807, 2.05) is 17.7 Å². The van der Waals surface area contributed by atoms with E-state index in [1.165, 1.54) is 44.7 Å². The van der Waals surface area contributed by atoms with Crippen molar-refractivity contribution in [2.75, 3.05) is 19.8 Å². The largest absolute Gasteiger partial charge is 0.490 e. The number of ether oxygens (including phenoxy) is 2. The molecule has 0 radical (unpaired) electrons. The Morgan fingerprint density at radius 2 is 1.75 bits per heavy atom. The summed E-state index contributed by atoms with van der Waals surface area (Å²) in [6.45, 7) is 6.41. The molecule has 0 saturated heterocycles. The van der Waals surface area contributed by atoms with Gasteiger partial charge in [0.05, 0.1) is 30.4 Å². The molecule has 0 aliphatic carbocycles. The standard InChI is InChI=1S/C28H40N4O4/c1-3-5-6-7-8-9-10-11-17-36-25-18-22-24(19-26(25)35-4-2)31-20-23(27(22)33)28(34)30-13-12-15-32-16-14-29-21-32/h14,16,18-21H,3-13,15,17H2,1-2H3,(H,30,34)(H,31,33). The van der Waals surface area contributed by atoms with E-state index >= 15 is 0 Å².